The van der Waals surface area contributed by atoms with Crippen molar-refractivity contribution in [3.63, 3.8) is 0 Å². The minimum atomic E-state index is 0.524. The van der Waals surface area contributed by atoms with Crippen LogP contribution in [0.2, 0.25) is 0 Å². The summed E-state index contributed by atoms with van der Waals surface area (Å²) < 4.78 is 0. The molecule has 1 heteroatoms. The Morgan fingerprint density at radius 2 is 1.71 bits per heavy atom. The second kappa shape index (κ2) is 4.50. The molecule has 0 bridgehead atoms. The average Bonchev–Trinajstić information content (AvgIpc) is 2.11. The summed E-state index contributed by atoms with van der Waals surface area (Å²) in [7, 11) is 0. The summed E-state index contributed by atoms with van der Waals surface area (Å²) in [4.78, 5) is 0. The summed E-state index contributed by atoms with van der Waals surface area (Å²) in [6.07, 6.45) is 0. The highest BCUT2D eigenvalue weighted by Crippen LogP contribution is 2.18. The highest BCUT2D eigenvalue weighted by molar-refractivity contribution is 5.53. The van der Waals surface area contributed by atoms with E-state index >= 15 is 0 Å². The summed E-state index contributed by atoms with van der Waals surface area (Å²) in [5, 5.41) is 3.55. The maximum atomic E-state index is 3.55. The van der Waals surface area contributed by atoms with Crippen molar-refractivity contribution in [3.05, 3.63) is 29.3 Å². The Bertz CT molecular complexity index is 302. The van der Waals surface area contributed by atoms with Gasteiger partial charge in [0.1, 0.15) is 0 Å². The van der Waals surface area contributed by atoms with Crippen LogP contribution >= 0.6 is 0 Å². The highest BCUT2D eigenvalue weighted by atomic mass is 14.9. The van der Waals surface area contributed by atoms with Crippen molar-refractivity contribution < 1.29 is 0 Å². The second-order valence-corrected chi connectivity index (χ2v) is 4.50. The van der Waals surface area contributed by atoms with Gasteiger partial charge in [0.2, 0.25) is 0 Å². The van der Waals surface area contributed by atoms with Gasteiger partial charge in [-0.3, -0.25) is 0 Å². The van der Waals surface area contributed by atoms with Gasteiger partial charge in [-0.05, 0) is 43.9 Å². The van der Waals surface area contributed by atoms with E-state index in [4.69, 9.17) is 0 Å². The highest BCUT2D eigenvalue weighted by Gasteiger charge is 2.07. The van der Waals surface area contributed by atoms with E-state index in [9.17, 15) is 0 Å². The smallest absolute Gasteiger partial charge is 0.0374 e. The zero-order valence-corrected chi connectivity index (χ0v) is 9.89. The molecule has 1 N–H and O–H groups in total. The molecule has 1 nitrogen and oxygen atoms in total. The van der Waals surface area contributed by atoms with E-state index in [0.29, 0.717) is 12.0 Å². The van der Waals surface area contributed by atoms with Crippen molar-refractivity contribution in [2.24, 2.45) is 5.92 Å². The summed E-state index contributed by atoms with van der Waals surface area (Å²) in [6, 6.07) is 7.06. The molecule has 0 amide bonds. The summed E-state index contributed by atoms with van der Waals surface area (Å²) >= 11 is 0. The van der Waals surface area contributed by atoms with Crippen molar-refractivity contribution in [1.82, 2.24) is 0 Å². The lowest BCUT2D eigenvalue weighted by molar-refractivity contribution is 0.559. The lowest BCUT2D eigenvalue weighted by atomic mass is 10.0. The standard InChI is InChI=1S/C13H21N/c1-9(2)12(5)14-13-8-10(3)6-7-11(13)4/h6-9,12,14H,1-5H3/t12-/m0/s1. The first-order valence-corrected chi connectivity index (χ1v) is 5.34. The lowest BCUT2D eigenvalue weighted by Gasteiger charge is -2.20. The van der Waals surface area contributed by atoms with Gasteiger partial charge < -0.3 is 5.32 Å². The molecule has 0 aliphatic carbocycles. The Labute approximate surface area is 87.5 Å². The molecule has 0 saturated carbocycles. The van der Waals surface area contributed by atoms with E-state index in [2.05, 4.69) is 58.1 Å². The molecule has 0 radical (unpaired) electrons. The van der Waals surface area contributed by atoms with Crippen LogP contribution in [-0.2, 0) is 0 Å². The molecule has 1 aromatic rings. The number of benzene rings is 1. The van der Waals surface area contributed by atoms with E-state index < -0.39 is 0 Å². The van der Waals surface area contributed by atoms with Gasteiger partial charge >= 0.3 is 0 Å². The van der Waals surface area contributed by atoms with Gasteiger partial charge in [-0.25, -0.2) is 0 Å². The Morgan fingerprint density at radius 1 is 1.07 bits per heavy atom. The number of rotatable bonds is 3. The molecule has 0 fully saturated rings. The molecule has 0 aliphatic heterocycles. The van der Waals surface area contributed by atoms with Crippen LogP contribution in [0.1, 0.15) is 31.9 Å². The van der Waals surface area contributed by atoms with Crippen molar-refractivity contribution in [3.8, 4) is 0 Å². The van der Waals surface area contributed by atoms with E-state index in [-0.39, 0.29) is 0 Å². The van der Waals surface area contributed by atoms with Crippen molar-refractivity contribution in [2.75, 3.05) is 5.32 Å². The van der Waals surface area contributed by atoms with E-state index in [1.807, 2.05) is 0 Å². The lowest BCUT2D eigenvalue weighted by Crippen LogP contribution is -2.21. The second-order valence-electron chi connectivity index (χ2n) is 4.50. The molecule has 14 heavy (non-hydrogen) atoms. The van der Waals surface area contributed by atoms with Gasteiger partial charge in [-0.2, -0.15) is 0 Å². The van der Waals surface area contributed by atoms with Gasteiger partial charge in [0.15, 0.2) is 0 Å². The van der Waals surface area contributed by atoms with Gasteiger partial charge in [-0.1, -0.05) is 26.0 Å². The first-order chi connectivity index (χ1) is 6.50. The predicted molar refractivity (Wildman–Crippen MR) is 63.8 cm³/mol. The molecule has 1 aromatic carbocycles. The summed E-state index contributed by atoms with van der Waals surface area (Å²) in [5.74, 6) is 0.662. The van der Waals surface area contributed by atoms with Crippen molar-refractivity contribution in [2.45, 2.75) is 40.7 Å². The topological polar surface area (TPSA) is 12.0 Å². The molecular formula is C13H21N. The van der Waals surface area contributed by atoms with E-state index in [0.717, 1.165) is 0 Å². The third-order valence-electron chi connectivity index (χ3n) is 2.78. The number of aryl methyl sites for hydroxylation is 2. The van der Waals surface area contributed by atoms with Crippen LogP contribution in [0.15, 0.2) is 18.2 Å². The monoisotopic (exact) mass is 191 g/mol. The fraction of sp³-hybridized carbons (Fsp3) is 0.538. The molecule has 0 unspecified atom stereocenters. The molecule has 1 atom stereocenters. The number of anilines is 1. The number of nitrogens with one attached hydrogen (secondary N) is 1. The van der Waals surface area contributed by atoms with Crippen LogP contribution in [0.5, 0.6) is 0 Å². The molecule has 0 aliphatic rings. The summed E-state index contributed by atoms with van der Waals surface area (Å²) in [5.41, 5.74) is 3.91. The van der Waals surface area contributed by atoms with Crippen LogP contribution in [0.4, 0.5) is 5.69 Å². The van der Waals surface area contributed by atoms with Crippen LogP contribution in [0, 0.1) is 19.8 Å². The van der Waals surface area contributed by atoms with Gasteiger partial charge in [-0.15, -0.1) is 0 Å². The van der Waals surface area contributed by atoms with Crippen LogP contribution < -0.4 is 5.32 Å². The van der Waals surface area contributed by atoms with Crippen LogP contribution in [-0.4, -0.2) is 6.04 Å². The SMILES string of the molecule is Cc1ccc(C)c(N[C@@H](C)C(C)C)c1. The largest absolute Gasteiger partial charge is 0.382 e. The van der Waals surface area contributed by atoms with E-state index in [1.165, 1.54) is 16.8 Å². The maximum Gasteiger partial charge on any atom is 0.0374 e. The minimum Gasteiger partial charge on any atom is -0.382 e. The first kappa shape index (κ1) is 11.1. The summed E-state index contributed by atoms with van der Waals surface area (Å²) in [6.45, 7) is 11.0. The zero-order valence-electron chi connectivity index (χ0n) is 9.89. The van der Waals surface area contributed by atoms with Gasteiger partial charge in [0.25, 0.3) is 0 Å². The average molecular weight is 191 g/mol. The normalized spacial score (nSPS) is 13.0. The number of hydrogen-bond acceptors (Lipinski definition) is 1. The predicted octanol–water partition coefficient (Wildman–Crippen LogP) is 3.76. The molecule has 78 valence electrons. The fourth-order valence-electron chi connectivity index (χ4n) is 1.30. The van der Waals surface area contributed by atoms with E-state index in [1.54, 1.807) is 0 Å². The third kappa shape index (κ3) is 2.76. The molecule has 0 spiro atoms. The first-order valence-electron chi connectivity index (χ1n) is 5.34. The maximum absolute atomic E-state index is 3.55. The van der Waals surface area contributed by atoms with Crippen LogP contribution in [0.25, 0.3) is 0 Å². The molecule has 0 aromatic heterocycles. The quantitative estimate of drug-likeness (QED) is 0.767. The molecule has 1 rings (SSSR count). The third-order valence-corrected chi connectivity index (χ3v) is 2.78. The van der Waals surface area contributed by atoms with Gasteiger partial charge in [0, 0.05) is 11.7 Å². The van der Waals surface area contributed by atoms with Crippen molar-refractivity contribution in [1.29, 1.82) is 0 Å². The fourth-order valence-corrected chi connectivity index (χ4v) is 1.30. The molecule has 0 saturated heterocycles. The van der Waals surface area contributed by atoms with Crippen molar-refractivity contribution >= 4 is 5.69 Å². The van der Waals surface area contributed by atoms with Crippen LogP contribution in [0.3, 0.4) is 0 Å². The molecule has 0 heterocycles. The number of hydrogen-bond donors (Lipinski definition) is 1. The Morgan fingerprint density at radius 3 is 2.29 bits per heavy atom. The van der Waals surface area contributed by atoms with Gasteiger partial charge in [0.05, 0.1) is 0 Å². The Hall–Kier alpha value is -0.980. The Kier molecular flexibility index (Phi) is 3.56. The minimum absolute atomic E-state index is 0.524. The molecular weight excluding hydrogens is 170 g/mol. The zero-order chi connectivity index (χ0) is 10.7. The Balaban J connectivity index is 2.80.